The van der Waals surface area contributed by atoms with Gasteiger partial charge < -0.3 is 4.74 Å². The largest absolute Gasteiger partial charge is 0.454 e. The average Bonchev–Trinajstić information content (AvgIpc) is 3.22. The lowest BCUT2D eigenvalue weighted by atomic mass is 9.96. The molecule has 7 heteroatoms. The van der Waals surface area contributed by atoms with E-state index in [-0.39, 0.29) is 12.0 Å². The number of H-pyrrole nitrogens is 1. The fraction of sp³-hybridized carbons (Fsp3) is 0.294. The molecule has 0 saturated heterocycles. The second-order valence-electron chi connectivity index (χ2n) is 6.44. The van der Waals surface area contributed by atoms with Crippen molar-refractivity contribution in [2.45, 2.75) is 32.8 Å². The first-order valence-electron chi connectivity index (χ1n) is 7.62. The zero-order valence-electron chi connectivity index (χ0n) is 13.9. The van der Waals surface area contributed by atoms with Gasteiger partial charge in [0.1, 0.15) is 0 Å². The Kier molecular flexibility index (Phi) is 4.16. The highest BCUT2D eigenvalue weighted by molar-refractivity contribution is 5.88. The van der Waals surface area contributed by atoms with Crippen molar-refractivity contribution in [1.82, 2.24) is 25.0 Å². The van der Waals surface area contributed by atoms with E-state index in [1.807, 2.05) is 51.1 Å². The molecule has 0 fully saturated rings. The van der Waals surface area contributed by atoms with Crippen molar-refractivity contribution in [3.8, 4) is 5.69 Å². The smallest absolute Gasteiger partial charge is 0.341 e. The number of hydrogen-bond acceptors (Lipinski definition) is 5. The molecule has 0 unspecified atom stereocenters. The maximum Gasteiger partial charge on any atom is 0.341 e. The molecule has 24 heavy (non-hydrogen) atoms. The Morgan fingerprint density at radius 2 is 2.00 bits per heavy atom. The molecule has 0 saturated carbocycles. The van der Waals surface area contributed by atoms with Crippen LogP contribution in [0.25, 0.3) is 5.69 Å². The summed E-state index contributed by atoms with van der Waals surface area (Å²) in [5.74, 6) is 0.750. The minimum Gasteiger partial charge on any atom is -0.454 e. The first-order chi connectivity index (χ1) is 11.4. The van der Waals surface area contributed by atoms with Crippen molar-refractivity contribution in [2.75, 3.05) is 0 Å². The molecule has 0 aliphatic carbocycles. The number of rotatable bonds is 4. The number of hydrogen-bond donors (Lipinski definition) is 1. The molecular formula is C17H19N5O2. The molecular weight excluding hydrogens is 306 g/mol. The molecule has 124 valence electrons. The highest BCUT2D eigenvalue weighted by Crippen LogP contribution is 2.17. The first-order valence-corrected chi connectivity index (χ1v) is 7.62. The zero-order valence-corrected chi connectivity index (χ0v) is 13.9. The van der Waals surface area contributed by atoms with Gasteiger partial charge in [0.15, 0.2) is 18.3 Å². The first kappa shape index (κ1) is 15.9. The Labute approximate surface area is 139 Å². The third kappa shape index (κ3) is 3.51. The zero-order chi connectivity index (χ0) is 17.2. The van der Waals surface area contributed by atoms with Crippen LogP contribution in [0.3, 0.4) is 0 Å². The number of nitrogens with one attached hydrogen (secondary N) is 1. The van der Waals surface area contributed by atoms with Crippen LogP contribution in [0.5, 0.6) is 0 Å². The van der Waals surface area contributed by atoms with Gasteiger partial charge in [-0.2, -0.15) is 10.2 Å². The van der Waals surface area contributed by atoms with Crippen molar-refractivity contribution in [3.05, 3.63) is 59.9 Å². The summed E-state index contributed by atoms with van der Waals surface area (Å²) < 4.78 is 6.89. The molecule has 0 bridgehead atoms. The fourth-order valence-corrected chi connectivity index (χ4v) is 2.06. The topological polar surface area (TPSA) is 85.7 Å². The van der Waals surface area contributed by atoms with Crippen LogP contribution in [-0.2, 0) is 16.8 Å². The fourth-order valence-electron chi connectivity index (χ4n) is 2.06. The van der Waals surface area contributed by atoms with E-state index in [0.29, 0.717) is 17.2 Å². The molecule has 0 aliphatic rings. The molecule has 0 spiro atoms. The number of esters is 1. The molecule has 1 aromatic carbocycles. The maximum atomic E-state index is 12.1. The van der Waals surface area contributed by atoms with Gasteiger partial charge in [0, 0.05) is 11.6 Å². The van der Waals surface area contributed by atoms with Crippen LogP contribution >= 0.6 is 0 Å². The van der Waals surface area contributed by atoms with E-state index in [4.69, 9.17) is 4.74 Å². The molecule has 3 aromatic rings. The van der Waals surface area contributed by atoms with Crippen LogP contribution in [0.4, 0.5) is 0 Å². The second kappa shape index (κ2) is 6.27. The predicted molar refractivity (Wildman–Crippen MR) is 87.8 cm³/mol. The van der Waals surface area contributed by atoms with Crippen molar-refractivity contribution in [1.29, 1.82) is 0 Å². The van der Waals surface area contributed by atoms with Crippen LogP contribution in [-0.4, -0.2) is 30.9 Å². The van der Waals surface area contributed by atoms with Crippen molar-refractivity contribution in [3.63, 3.8) is 0 Å². The van der Waals surface area contributed by atoms with Crippen LogP contribution in [0, 0.1) is 0 Å². The highest BCUT2D eigenvalue weighted by Gasteiger charge is 2.20. The van der Waals surface area contributed by atoms with Crippen LogP contribution < -0.4 is 0 Å². The summed E-state index contributed by atoms with van der Waals surface area (Å²) in [6, 6.07) is 9.55. The minimum atomic E-state index is -0.453. The number of aromatic nitrogens is 5. The second-order valence-corrected chi connectivity index (χ2v) is 6.44. The third-order valence-electron chi connectivity index (χ3n) is 3.38. The number of para-hydroxylation sites is 1. The number of benzene rings is 1. The molecule has 0 radical (unpaired) electrons. The Morgan fingerprint density at radius 1 is 1.25 bits per heavy atom. The van der Waals surface area contributed by atoms with Gasteiger partial charge in [-0.05, 0) is 12.1 Å². The molecule has 2 aromatic heterocycles. The predicted octanol–water partition coefficient (Wildman–Crippen LogP) is 2.64. The Hall–Kier alpha value is -2.96. The third-order valence-corrected chi connectivity index (χ3v) is 3.38. The summed E-state index contributed by atoms with van der Waals surface area (Å²) >= 11 is 0. The molecule has 1 N–H and O–H groups in total. The van der Waals surface area contributed by atoms with Gasteiger partial charge in [-0.3, -0.25) is 5.10 Å². The van der Waals surface area contributed by atoms with E-state index in [1.54, 1.807) is 10.9 Å². The molecule has 0 aliphatic heterocycles. The lowest BCUT2D eigenvalue weighted by Gasteiger charge is -2.11. The van der Waals surface area contributed by atoms with Crippen LogP contribution in [0.2, 0.25) is 0 Å². The van der Waals surface area contributed by atoms with Crippen LogP contribution in [0.1, 0.15) is 42.8 Å². The highest BCUT2D eigenvalue weighted by atomic mass is 16.5. The van der Waals surface area contributed by atoms with Gasteiger partial charge in [-0.15, -0.1) is 0 Å². The number of aromatic amines is 1. The van der Waals surface area contributed by atoms with E-state index >= 15 is 0 Å². The van der Waals surface area contributed by atoms with Gasteiger partial charge >= 0.3 is 5.97 Å². The molecule has 0 atom stereocenters. The van der Waals surface area contributed by atoms with Gasteiger partial charge in [0.2, 0.25) is 0 Å². The lowest BCUT2D eigenvalue weighted by Crippen LogP contribution is -2.13. The summed E-state index contributed by atoms with van der Waals surface area (Å²) in [7, 11) is 0. The van der Waals surface area contributed by atoms with E-state index in [2.05, 4.69) is 20.3 Å². The van der Waals surface area contributed by atoms with Crippen molar-refractivity contribution < 1.29 is 9.53 Å². The monoisotopic (exact) mass is 325 g/mol. The Morgan fingerprint density at radius 3 is 2.67 bits per heavy atom. The number of nitrogens with zero attached hydrogens (tertiary/aromatic N) is 4. The van der Waals surface area contributed by atoms with E-state index in [9.17, 15) is 4.79 Å². The van der Waals surface area contributed by atoms with Crippen LogP contribution in [0.15, 0.2) is 42.7 Å². The SMILES string of the molecule is CC(C)(C)c1n[nH]c(COC(=O)c2cnn(-c3ccccc3)c2)n1. The summed E-state index contributed by atoms with van der Waals surface area (Å²) in [6.45, 7) is 6.09. The molecule has 7 nitrogen and oxygen atoms in total. The van der Waals surface area contributed by atoms with Gasteiger partial charge in [0.25, 0.3) is 0 Å². The minimum absolute atomic E-state index is 0.0401. The summed E-state index contributed by atoms with van der Waals surface area (Å²) in [5.41, 5.74) is 1.10. The Balaban J connectivity index is 1.64. The average molecular weight is 325 g/mol. The normalized spacial score (nSPS) is 11.5. The lowest BCUT2D eigenvalue weighted by molar-refractivity contribution is 0.0462. The number of carbonyl (C=O) groups excluding carboxylic acids is 1. The summed E-state index contributed by atoms with van der Waals surface area (Å²) in [4.78, 5) is 16.5. The summed E-state index contributed by atoms with van der Waals surface area (Å²) in [6.07, 6.45) is 3.12. The number of ether oxygens (including phenoxy) is 1. The maximum absolute atomic E-state index is 12.1. The van der Waals surface area contributed by atoms with Crippen molar-refractivity contribution >= 4 is 5.97 Å². The standard InChI is InChI=1S/C17H19N5O2/c1-17(2,3)16-19-14(20-21-16)11-24-15(23)12-9-18-22(10-12)13-7-5-4-6-8-13/h4-10H,11H2,1-3H3,(H,19,20,21). The quantitative estimate of drug-likeness (QED) is 0.745. The van der Waals surface area contributed by atoms with Gasteiger partial charge in [0.05, 0.1) is 17.4 Å². The van der Waals surface area contributed by atoms with E-state index in [1.165, 1.54) is 6.20 Å². The van der Waals surface area contributed by atoms with Crippen molar-refractivity contribution in [2.24, 2.45) is 0 Å². The number of carbonyl (C=O) groups is 1. The molecule has 2 heterocycles. The summed E-state index contributed by atoms with van der Waals surface area (Å²) in [5, 5.41) is 11.1. The van der Waals surface area contributed by atoms with Gasteiger partial charge in [-0.25, -0.2) is 14.5 Å². The molecule has 0 amide bonds. The van der Waals surface area contributed by atoms with Gasteiger partial charge in [-0.1, -0.05) is 39.0 Å². The van der Waals surface area contributed by atoms with E-state index < -0.39 is 5.97 Å². The Bertz CT molecular complexity index is 830. The molecule has 3 rings (SSSR count). The van der Waals surface area contributed by atoms with E-state index in [0.717, 1.165) is 5.69 Å².